The highest BCUT2D eigenvalue weighted by molar-refractivity contribution is 5.92. The molecule has 0 fully saturated rings. The number of ether oxygens (including phenoxy) is 1. The highest BCUT2D eigenvalue weighted by atomic mass is 16.6. The zero-order valence-electron chi connectivity index (χ0n) is 20.3. The van der Waals surface area contributed by atoms with Gasteiger partial charge in [-0.05, 0) is 38.7 Å². The second kappa shape index (κ2) is 12.9. The Bertz CT molecular complexity index is 756. The van der Waals surface area contributed by atoms with Crippen LogP contribution in [0.4, 0.5) is 4.79 Å². The fourth-order valence-corrected chi connectivity index (χ4v) is 3.18. The zero-order valence-corrected chi connectivity index (χ0v) is 20.3. The van der Waals surface area contributed by atoms with Crippen LogP contribution in [0.15, 0.2) is 43.0 Å². The summed E-state index contributed by atoms with van der Waals surface area (Å²) < 4.78 is 5.35. The maximum absolute atomic E-state index is 13.7. The van der Waals surface area contributed by atoms with Crippen molar-refractivity contribution < 1.29 is 19.1 Å². The lowest BCUT2D eigenvalue weighted by Crippen LogP contribution is -2.55. The van der Waals surface area contributed by atoms with Gasteiger partial charge in [0.15, 0.2) is 0 Å². The van der Waals surface area contributed by atoms with Crippen LogP contribution in [-0.2, 0) is 14.3 Å². The van der Waals surface area contributed by atoms with Crippen molar-refractivity contribution in [2.75, 3.05) is 13.1 Å². The first-order valence-corrected chi connectivity index (χ1v) is 11.2. The van der Waals surface area contributed by atoms with E-state index in [2.05, 4.69) is 17.2 Å². The molecule has 0 bridgehead atoms. The van der Waals surface area contributed by atoms with E-state index in [4.69, 9.17) is 4.74 Å². The SMILES string of the molecule is C=CCN(C(=O)C(NC(=O)OC(C)(C)C)C(C)C)C(C(=O)NCCCC)c1ccccc1. The third-order valence-electron chi connectivity index (χ3n) is 4.72. The van der Waals surface area contributed by atoms with Crippen LogP contribution in [0.3, 0.4) is 0 Å². The molecule has 2 unspecified atom stereocenters. The van der Waals surface area contributed by atoms with Gasteiger partial charge in [0.25, 0.3) is 0 Å². The van der Waals surface area contributed by atoms with Crippen molar-refractivity contribution >= 4 is 17.9 Å². The number of hydrogen-bond acceptors (Lipinski definition) is 4. The molecule has 0 saturated heterocycles. The van der Waals surface area contributed by atoms with Gasteiger partial charge in [-0.15, -0.1) is 6.58 Å². The van der Waals surface area contributed by atoms with Gasteiger partial charge in [0, 0.05) is 13.1 Å². The van der Waals surface area contributed by atoms with E-state index in [0.717, 1.165) is 12.8 Å². The van der Waals surface area contributed by atoms with Gasteiger partial charge in [-0.2, -0.15) is 0 Å². The number of amides is 3. The minimum absolute atomic E-state index is 0.152. The molecule has 178 valence electrons. The molecule has 0 aliphatic carbocycles. The van der Waals surface area contributed by atoms with Crippen LogP contribution >= 0.6 is 0 Å². The summed E-state index contributed by atoms with van der Waals surface area (Å²) in [6.07, 6.45) is 2.70. The predicted octanol–water partition coefficient (Wildman–Crippen LogP) is 4.21. The van der Waals surface area contributed by atoms with Crippen molar-refractivity contribution in [3.63, 3.8) is 0 Å². The molecule has 1 rings (SSSR count). The first-order chi connectivity index (χ1) is 15.0. The van der Waals surface area contributed by atoms with Crippen LogP contribution < -0.4 is 10.6 Å². The van der Waals surface area contributed by atoms with Crippen LogP contribution in [0.5, 0.6) is 0 Å². The Morgan fingerprint density at radius 2 is 1.78 bits per heavy atom. The van der Waals surface area contributed by atoms with E-state index in [1.165, 1.54) is 4.90 Å². The summed E-state index contributed by atoms with van der Waals surface area (Å²) in [4.78, 5) is 40.7. The molecule has 0 aliphatic rings. The number of rotatable bonds is 11. The summed E-state index contributed by atoms with van der Waals surface area (Å²) in [6, 6.07) is 7.45. The van der Waals surface area contributed by atoms with E-state index in [1.807, 2.05) is 51.1 Å². The molecular weight excluding hydrogens is 406 g/mol. The summed E-state index contributed by atoms with van der Waals surface area (Å²) in [5.74, 6) is -0.855. The Balaban J connectivity index is 3.28. The largest absolute Gasteiger partial charge is 0.444 e. The maximum Gasteiger partial charge on any atom is 0.408 e. The molecule has 32 heavy (non-hydrogen) atoms. The van der Waals surface area contributed by atoms with Crippen LogP contribution in [0, 0.1) is 5.92 Å². The topological polar surface area (TPSA) is 87.7 Å². The lowest BCUT2D eigenvalue weighted by atomic mass is 9.99. The summed E-state index contributed by atoms with van der Waals surface area (Å²) in [5.41, 5.74) is -0.00207. The van der Waals surface area contributed by atoms with Crippen molar-refractivity contribution in [2.45, 2.75) is 72.1 Å². The van der Waals surface area contributed by atoms with Crippen molar-refractivity contribution in [3.8, 4) is 0 Å². The molecule has 7 nitrogen and oxygen atoms in total. The minimum atomic E-state index is -0.862. The van der Waals surface area contributed by atoms with E-state index < -0.39 is 23.8 Å². The summed E-state index contributed by atoms with van der Waals surface area (Å²) >= 11 is 0. The molecule has 7 heteroatoms. The highest BCUT2D eigenvalue weighted by Crippen LogP contribution is 2.24. The number of nitrogens with one attached hydrogen (secondary N) is 2. The third kappa shape index (κ3) is 8.73. The number of alkyl carbamates (subject to hydrolysis) is 1. The van der Waals surface area contributed by atoms with Gasteiger partial charge >= 0.3 is 6.09 Å². The van der Waals surface area contributed by atoms with Crippen molar-refractivity contribution in [1.29, 1.82) is 0 Å². The van der Waals surface area contributed by atoms with E-state index in [-0.39, 0.29) is 24.3 Å². The molecule has 0 saturated carbocycles. The second-order valence-corrected chi connectivity index (χ2v) is 9.10. The van der Waals surface area contributed by atoms with E-state index in [9.17, 15) is 14.4 Å². The number of hydrogen-bond donors (Lipinski definition) is 2. The number of unbranched alkanes of at least 4 members (excludes halogenated alkanes) is 1. The lowest BCUT2D eigenvalue weighted by Gasteiger charge is -2.35. The summed E-state index contributed by atoms with van der Waals surface area (Å²) in [5, 5.41) is 5.63. The van der Waals surface area contributed by atoms with Crippen LogP contribution in [-0.4, -0.2) is 47.5 Å². The molecule has 1 aromatic rings. The van der Waals surface area contributed by atoms with Gasteiger partial charge in [-0.3, -0.25) is 9.59 Å². The standard InChI is InChI=1S/C25H39N3O4/c1-8-10-16-26-22(29)21(19-14-12-11-13-15-19)28(17-9-2)23(30)20(18(3)4)27-24(31)32-25(5,6)7/h9,11-15,18,20-21H,2,8,10,16-17H2,1,3-7H3,(H,26,29)(H,27,31). The first kappa shape index (κ1) is 27.2. The fraction of sp³-hybridized carbons (Fsp3) is 0.560. The van der Waals surface area contributed by atoms with Crippen LogP contribution in [0.25, 0.3) is 0 Å². The number of nitrogens with zero attached hydrogens (tertiary/aromatic N) is 1. The molecule has 2 N–H and O–H groups in total. The monoisotopic (exact) mass is 445 g/mol. The zero-order chi connectivity index (χ0) is 24.3. The fourth-order valence-electron chi connectivity index (χ4n) is 3.18. The predicted molar refractivity (Wildman–Crippen MR) is 127 cm³/mol. The number of carbonyl (C=O) groups excluding carboxylic acids is 3. The van der Waals surface area contributed by atoms with Crippen molar-refractivity contribution in [3.05, 3.63) is 48.6 Å². The Kier molecular flexibility index (Phi) is 11.0. The normalized spacial score (nSPS) is 13.1. The number of carbonyl (C=O) groups is 3. The Labute approximate surface area is 192 Å². The molecule has 2 atom stereocenters. The Morgan fingerprint density at radius 1 is 1.16 bits per heavy atom. The van der Waals surface area contributed by atoms with Gasteiger partial charge in [-0.1, -0.05) is 63.6 Å². The average molecular weight is 446 g/mol. The average Bonchev–Trinajstić information content (AvgIpc) is 2.70. The molecule has 0 radical (unpaired) electrons. The second-order valence-electron chi connectivity index (χ2n) is 9.10. The van der Waals surface area contributed by atoms with Gasteiger partial charge in [0.2, 0.25) is 11.8 Å². The van der Waals surface area contributed by atoms with E-state index >= 15 is 0 Å². The quantitative estimate of drug-likeness (QED) is 0.395. The molecular formula is C25H39N3O4. The first-order valence-electron chi connectivity index (χ1n) is 11.2. The van der Waals surface area contributed by atoms with Crippen LogP contribution in [0.2, 0.25) is 0 Å². The van der Waals surface area contributed by atoms with Gasteiger partial charge in [0.05, 0.1) is 0 Å². The third-order valence-corrected chi connectivity index (χ3v) is 4.72. The van der Waals surface area contributed by atoms with Crippen molar-refractivity contribution in [2.24, 2.45) is 5.92 Å². The molecule has 1 aromatic carbocycles. The summed E-state index contributed by atoms with van der Waals surface area (Å²) in [7, 11) is 0. The number of benzene rings is 1. The smallest absolute Gasteiger partial charge is 0.408 e. The van der Waals surface area contributed by atoms with E-state index in [0.29, 0.717) is 12.1 Å². The lowest BCUT2D eigenvalue weighted by molar-refractivity contribution is -0.142. The Hall–Kier alpha value is -2.83. The molecule has 0 aromatic heterocycles. The van der Waals surface area contributed by atoms with Crippen LogP contribution in [0.1, 0.15) is 66.0 Å². The highest BCUT2D eigenvalue weighted by Gasteiger charge is 2.36. The Morgan fingerprint density at radius 3 is 2.28 bits per heavy atom. The van der Waals surface area contributed by atoms with Gasteiger partial charge in [-0.25, -0.2) is 4.79 Å². The maximum atomic E-state index is 13.7. The summed E-state index contributed by atoms with van der Waals surface area (Å²) in [6.45, 7) is 15.4. The van der Waals surface area contributed by atoms with Crippen molar-refractivity contribution in [1.82, 2.24) is 15.5 Å². The molecule has 0 spiro atoms. The van der Waals surface area contributed by atoms with Gasteiger partial charge < -0.3 is 20.3 Å². The van der Waals surface area contributed by atoms with E-state index in [1.54, 1.807) is 26.8 Å². The van der Waals surface area contributed by atoms with Gasteiger partial charge in [0.1, 0.15) is 17.7 Å². The minimum Gasteiger partial charge on any atom is -0.444 e. The molecule has 3 amide bonds. The molecule has 0 aliphatic heterocycles. The molecule has 0 heterocycles.